The van der Waals surface area contributed by atoms with Gasteiger partial charge in [0.05, 0.1) is 6.04 Å². The molecule has 3 atom stereocenters. The number of hydrogen-bond acceptors (Lipinski definition) is 3. The maximum absolute atomic E-state index is 12.9. The standard InChI is InChI=1S/C27H29Cl2N3O/c1-18(27(33)31-25-13-7-8-16-30-25)17-20-15-14-19(2)32(20)26(21-9-3-5-11-23(21)28)22-10-4-6-12-24(22)29/h3-13,16,18-20,26H,14-15,17H2,1-2H3,(H,30,31,33). The van der Waals surface area contributed by atoms with E-state index in [0.29, 0.717) is 11.9 Å². The van der Waals surface area contributed by atoms with Gasteiger partial charge < -0.3 is 5.32 Å². The number of pyridine rings is 1. The van der Waals surface area contributed by atoms with Gasteiger partial charge in [-0.25, -0.2) is 4.98 Å². The lowest BCUT2D eigenvalue weighted by Gasteiger charge is -2.38. The van der Waals surface area contributed by atoms with E-state index in [0.717, 1.165) is 40.4 Å². The molecule has 2 heterocycles. The van der Waals surface area contributed by atoms with Gasteiger partial charge >= 0.3 is 0 Å². The summed E-state index contributed by atoms with van der Waals surface area (Å²) in [7, 11) is 0. The summed E-state index contributed by atoms with van der Waals surface area (Å²) in [4.78, 5) is 19.6. The first-order valence-electron chi connectivity index (χ1n) is 11.4. The van der Waals surface area contributed by atoms with Crippen molar-refractivity contribution in [2.75, 3.05) is 5.32 Å². The first-order chi connectivity index (χ1) is 16.0. The Bertz CT molecular complexity index is 1050. The number of likely N-dealkylation sites (tertiary alicyclic amines) is 1. The van der Waals surface area contributed by atoms with Crippen molar-refractivity contribution in [2.45, 2.75) is 51.2 Å². The second-order valence-corrected chi connectivity index (χ2v) is 9.63. The molecule has 0 spiro atoms. The lowest BCUT2D eigenvalue weighted by atomic mass is 9.93. The fourth-order valence-electron chi connectivity index (χ4n) is 4.88. The molecule has 33 heavy (non-hydrogen) atoms. The SMILES string of the molecule is CC(CC1CCC(C)N1C(c1ccccc1Cl)c1ccccc1Cl)C(=O)Nc1ccccn1. The Labute approximate surface area is 205 Å². The van der Waals surface area contributed by atoms with Gasteiger partial charge in [-0.2, -0.15) is 0 Å². The first-order valence-corrected chi connectivity index (χ1v) is 12.2. The van der Waals surface area contributed by atoms with Crippen molar-refractivity contribution < 1.29 is 4.79 Å². The molecule has 0 radical (unpaired) electrons. The van der Waals surface area contributed by atoms with Crippen LogP contribution in [0.4, 0.5) is 5.82 Å². The average molecular weight is 482 g/mol. The van der Waals surface area contributed by atoms with E-state index >= 15 is 0 Å². The number of nitrogens with zero attached hydrogens (tertiary/aromatic N) is 2. The molecule has 4 rings (SSSR count). The Balaban J connectivity index is 1.62. The van der Waals surface area contributed by atoms with Crippen molar-refractivity contribution in [1.82, 2.24) is 9.88 Å². The van der Waals surface area contributed by atoms with E-state index in [1.54, 1.807) is 12.3 Å². The van der Waals surface area contributed by atoms with Gasteiger partial charge in [0.25, 0.3) is 0 Å². The maximum atomic E-state index is 12.9. The predicted molar refractivity (Wildman–Crippen MR) is 136 cm³/mol. The zero-order valence-electron chi connectivity index (χ0n) is 18.9. The average Bonchev–Trinajstić information content (AvgIpc) is 3.17. The molecule has 1 aromatic heterocycles. The van der Waals surface area contributed by atoms with E-state index in [1.807, 2.05) is 55.5 Å². The number of benzene rings is 2. The van der Waals surface area contributed by atoms with Crippen LogP contribution in [0.1, 0.15) is 50.3 Å². The van der Waals surface area contributed by atoms with Gasteiger partial charge in [-0.15, -0.1) is 0 Å². The molecule has 1 amide bonds. The number of carbonyl (C=O) groups excluding carboxylic acids is 1. The summed E-state index contributed by atoms with van der Waals surface area (Å²) in [6, 6.07) is 21.9. The third-order valence-electron chi connectivity index (χ3n) is 6.54. The fourth-order valence-corrected chi connectivity index (χ4v) is 5.36. The van der Waals surface area contributed by atoms with Crippen LogP contribution in [0.5, 0.6) is 0 Å². The van der Waals surface area contributed by atoms with Crippen LogP contribution < -0.4 is 5.32 Å². The van der Waals surface area contributed by atoms with E-state index in [1.165, 1.54) is 0 Å². The van der Waals surface area contributed by atoms with Crippen LogP contribution in [0.15, 0.2) is 72.9 Å². The van der Waals surface area contributed by atoms with Crippen LogP contribution in [0, 0.1) is 5.92 Å². The van der Waals surface area contributed by atoms with Crippen molar-refractivity contribution in [1.29, 1.82) is 0 Å². The lowest BCUT2D eigenvalue weighted by molar-refractivity contribution is -0.120. The molecular formula is C27H29Cl2N3O. The zero-order chi connectivity index (χ0) is 23.4. The number of hydrogen-bond donors (Lipinski definition) is 1. The molecule has 6 heteroatoms. The lowest BCUT2D eigenvalue weighted by Crippen LogP contribution is -2.40. The molecule has 0 bridgehead atoms. The highest BCUT2D eigenvalue weighted by atomic mass is 35.5. The summed E-state index contributed by atoms with van der Waals surface area (Å²) >= 11 is 13.4. The molecule has 1 N–H and O–H groups in total. The quantitative estimate of drug-likeness (QED) is 0.395. The summed E-state index contributed by atoms with van der Waals surface area (Å²) in [5.74, 6) is 0.402. The highest BCUT2D eigenvalue weighted by Gasteiger charge is 2.39. The number of rotatable bonds is 7. The summed E-state index contributed by atoms with van der Waals surface area (Å²) < 4.78 is 0. The molecule has 172 valence electrons. The Kier molecular flexibility index (Phi) is 7.69. The topological polar surface area (TPSA) is 45.2 Å². The zero-order valence-corrected chi connectivity index (χ0v) is 20.4. The summed E-state index contributed by atoms with van der Waals surface area (Å²) in [5, 5.41) is 4.39. The minimum atomic E-state index is -0.164. The van der Waals surface area contributed by atoms with Gasteiger partial charge in [-0.3, -0.25) is 9.69 Å². The molecule has 1 saturated heterocycles. The second kappa shape index (κ2) is 10.7. The Morgan fingerprint density at radius 1 is 1.00 bits per heavy atom. The number of nitrogens with one attached hydrogen (secondary N) is 1. The smallest absolute Gasteiger partial charge is 0.228 e. The van der Waals surface area contributed by atoms with Gasteiger partial charge in [0.2, 0.25) is 5.91 Å². The normalized spacial score (nSPS) is 19.5. The molecule has 2 aromatic carbocycles. The highest BCUT2D eigenvalue weighted by molar-refractivity contribution is 6.32. The van der Waals surface area contributed by atoms with E-state index in [-0.39, 0.29) is 23.9 Å². The van der Waals surface area contributed by atoms with Crippen LogP contribution in [0.25, 0.3) is 0 Å². The number of anilines is 1. The third kappa shape index (κ3) is 5.40. The monoisotopic (exact) mass is 481 g/mol. The number of halogens is 2. The molecule has 3 unspecified atom stereocenters. The minimum absolute atomic E-state index is 0.0137. The fraction of sp³-hybridized carbons (Fsp3) is 0.333. The molecule has 1 aliphatic heterocycles. The second-order valence-electron chi connectivity index (χ2n) is 8.81. The number of amides is 1. The van der Waals surface area contributed by atoms with Gasteiger partial charge in [-0.05, 0) is 61.6 Å². The van der Waals surface area contributed by atoms with Crippen LogP contribution in [0.2, 0.25) is 10.0 Å². The summed E-state index contributed by atoms with van der Waals surface area (Å²) in [6.07, 6.45) is 4.51. The maximum Gasteiger partial charge on any atom is 0.228 e. The van der Waals surface area contributed by atoms with Gasteiger partial charge in [0, 0.05) is 34.2 Å². The molecule has 3 aromatic rings. The van der Waals surface area contributed by atoms with E-state index in [9.17, 15) is 4.79 Å². The molecule has 1 aliphatic rings. The van der Waals surface area contributed by atoms with Crippen molar-refractivity contribution >= 4 is 34.9 Å². The van der Waals surface area contributed by atoms with E-state index in [4.69, 9.17) is 23.2 Å². The van der Waals surface area contributed by atoms with Crippen LogP contribution in [-0.2, 0) is 4.79 Å². The molecule has 4 nitrogen and oxygen atoms in total. The van der Waals surface area contributed by atoms with Crippen LogP contribution in [-0.4, -0.2) is 27.9 Å². The van der Waals surface area contributed by atoms with Gasteiger partial charge in [-0.1, -0.05) is 72.6 Å². The van der Waals surface area contributed by atoms with Crippen molar-refractivity contribution in [3.8, 4) is 0 Å². The molecule has 1 fully saturated rings. The largest absolute Gasteiger partial charge is 0.310 e. The molecule has 0 aliphatic carbocycles. The van der Waals surface area contributed by atoms with Crippen molar-refractivity contribution in [2.24, 2.45) is 5.92 Å². The van der Waals surface area contributed by atoms with Gasteiger partial charge in [0.1, 0.15) is 5.82 Å². The van der Waals surface area contributed by atoms with Gasteiger partial charge in [0.15, 0.2) is 0 Å². The van der Waals surface area contributed by atoms with Crippen LogP contribution >= 0.6 is 23.2 Å². The highest BCUT2D eigenvalue weighted by Crippen LogP contribution is 2.43. The molecule has 0 saturated carbocycles. The Hall–Kier alpha value is -2.40. The van der Waals surface area contributed by atoms with Crippen LogP contribution in [0.3, 0.4) is 0 Å². The van der Waals surface area contributed by atoms with E-state index in [2.05, 4.69) is 34.3 Å². The Morgan fingerprint density at radius 2 is 1.61 bits per heavy atom. The number of carbonyl (C=O) groups is 1. The summed E-state index contributed by atoms with van der Waals surface area (Å²) in [6.45, 7) is 4.23. The minimum Gasteiger partial charge on any atom is -0.310 e. The molecular weight excluding hydrogens is 453 g/mol. The third-order valence-corrected chi connectivity index (χ3v) is 7.22. The van der Waals surface area contributed by atoms with Crippen molar-refractivity contribution in [3.05, 3.63) is 94.1 Å². The predicted octanol–water partition coefficient (Wildman–Crippen LogP) is 7.00. The van der Waals surface area contributed by atoms with E-state index < -0.39 is 0 Å². The first kappa shape index (κ1) is 23.7. The number of aromatic nitrogens is 1. The summed E-state index contributed by atoms with van der Waals surface area (Å²) in [5.41, 5.74) is 2.08. The van der Waals surface area contributed by atoms with Crippen molar-refractivity contribution in [3.63, 3.8) is 0 Å². The Morgan fingerprint density at radius 3 is 2.18 bits per heavy atom.